The van der Waals surface area contributed by atoms with Gasteiger partial charge in [-0.25, -0.2) is 0 Å². The molecule has 19 heavy (non-hydrogen) atoms. The summed E-state index contributed by atoms with van der Waals surface area (Å²) in [4.78, 5) is 4.92. The Labute approximate surface area is 119 Å². The van der Waals surface area contributed by atoms with Crippen LogP contribution in [0.5, 0.6) is 0 Å². The summed E-state index contributed by atoms with van der Waals surface area (Å²) in [7, 11) is 1.98. The van der Waals surface area contributed by atoms with Gasteiger partial charge in [-0.05, 0) is 49.8 Å². The predicted molar refractivity (Wildman–Crippen MR) is 82.3 cm³/mol. The van der Waals surface area contributed by atoms with Gasteiger partial charge in [0.25, 0.3) is 0 Å². The summed E-state index contributed by atoms with van der Waals surface area (Å²) in [6.45, 7) is 2.11. The number of hydrogen-bond acceptors (Lipinski definition) is 2. The van der Waals surface area contributed by atoms with Crippen molar-refractivity contribution < 1.29 is 0 Å². The number of hydrogen-bond donors (Lipinski definition) is 1. The lowest BCUT2D eigenvalue weighted by atomic mass is 10.00. The summed E-state index contributed by atoms with van der Waals surface area (Å²) >= 11 is 6.42. The molecule has 1 heterocycles. The Morgan fingerprint density at radius 3 is 2.74 bits per heavy atom. The maximum atomic E-state index is 6.42. The van der Waals surface area contributed by atoms with E-state index in [1.165, 1.54) is 41.8 Å². The quantitative estimate of drug-likeness (QED) is 0.774. The van der Waals surface area contributed by atoms with Gasteiger partial charge >= 0.3 is 0 Å². The van der Waals surface area contributed by atoms with Crippen molar-refractivity contribution in [3.63, 3.8) is 0 Å². The number of pyridine rings is 1. The molecule has 0 radical (unpaired) electrons. The molecule has 1 aliphatic carbocycles. The molecule has 0 saturated carbocycles. The molecule has 0 fully saturated rings. The Morgan fingerprint density at radius 1 is 1.16 bits per heavy atom. The molecule has 3 rings (SSSR count). The topological polar surface area (TPSA) is 24.9 Å². The molecular formula is C16H19ClN2. The number of aromatic nitrogens is 1. The minimum absolute atomic E-state index is 0.796. The lowest BCUT2D eigenvalue weighted by Gasteiger charge is -2.17. The number of aryl methyl sites for hydroxylation is 2. The van der Waals surface area contributed by atoms with Crippen molar-refractivity contribution in [2.45, 2.75) is 39.0 Å². The summed E-state index contributed by atoms with van der Waals surface area (Å²) in [6, 6.07) is 4.03. The number of fused-ring (bicyclic) bond motifs is 2. The third kappa shape index (κ3) is 2.08. The molecule has 1 aliphatic rings. The largest absolute Gasteiger partial charge is 0.387 e. The number of rotatable bonds is 1. The highest BCUT2D eigenvalue weighted by Gasteiger charge is 2.18. The number of nitrogens with zero attached hydrogens (tertiary/aromatic N) is 1. The summed E-state index contributed by atoms with van der Waals surface area (Å²) in [6.07, 6.45) is 5.99. The highest BCUT2D eigenvalue weighted by molar-refractivity contribution is 6.36. The first kappa shape index (κ1) is 12.7. The van der Waals surface area contributed by atoms with Gasteiger partial charge in [-0.15, -0.1) is 0 Å². The van der Waals surface area contributed by atoms with Crippen molar-refractivity contribution in [3.05, 3.63) is 34.0 Å². The monoisotopic (exact) mass is 274 g/mol. The minimum atomic E-state index is 0.796. The maximum absolute atomic E-state index is 6.42. The molecule has 0 bridgehead atoms. The Kier molecular flexibility index (Phi) is 3.36. The highest BCUT2D eigenvalue weighted by Crippen LogP contribution is 2.37. The fourth-order valence-corrected chi connectivity index (χ4v) is 3.32. The zero-order valence-corrected chi connectivity index (χ0v) is 12.3. The van der Waals surface area contributed by atoms with E-state index in [1.807, 2.05) is 13.1 Å². The number of nitrogens with one attached hydrogen (secondary N) is 1. The second kappa shape index (κ2) is 5.01. The molecule has 0 aliphatic heterocycles. The molecule has 0 saturated heterocycles. The predicted octanol–water partition coefficient (Wildman–Crippen LogP) is 4.51. The van der Waals surface area contributed by atoms with Crippen LogP contribution in [-0.2, 0) is 12.8 Å². The highest BCUT2D eigenvalue weighted by atomic mass is 35.5. The van der Waals surface area contributed by atoms with Crippen LogP contribution in [-0.4, -0.2) is 12.0 Å². The van der Waals surface area contributed by atoms with Gasteiger partial charge in [0.05, 0.1) is 10.5 Å². The zero-order chi connectivity index (χ0) is 13.4. The maximum Gasteiger partial charge on any atom is 0.0770 e. The van der Waals surface area contributed by atoms with Crippen LogP contribution in [0.1, 0.15) is 36.1 Å². The Hall–Kier alpha value is -1.28. The van der Waals surface area contributed by atoms with Crippen LogP contribution in [0.15, 0.2) is 12.1 Å². The zero-order valence-electron chi connectivity index (χ0n) is 11.5. The fraction of sp³-hybridized carbons (Fsp3) is 0.438. The third-order valence-electron chi connectivity index (χ3n) is 4.07. The van der Waals surface area contributed by atoms with Gasteiger partial charge in [0.2, 0.25) is 0 Å². The van der Waals surface area contributed by atoms with Gasteiger partial charge in [0.15, 0.2) is 0 Å². The molecule has 0 unspecified atom stereocenters. The van der Waals surface area contributed by atoms with Crippen molar-refractivity contribution in [3.8, 4) is 0 Å². The third-order valence-corrected chi connectivity index (χ3v) is 4.38. The molecule has 1 aromatic carbocycles. The van der Waals surface area contributed by atoms with Crippen molar-refractivity contribution in [1.29, 1.82) is 0 Å². The Morgan fingerprint density at radius 2 is 1.95 bits per heavy atom. The van der Waals surface area contributed by atoms with E-state index in [9.17, 15) is 0 Å². The first-order valence-electron chi connectivity index (χ1n) is 7.00. The molecule has 0 amide bonds. The van der Waals surface area contributed by atoms with Crippen molar-refractivity contribution in [1.82, 2.24) is 4.98 Å². The van der Waals surface area contributed by atoms with Crippen LogP contribution in [0.3, 0.4) is 0 Å². The van der Waals surface area contributed by atoms with Gasteiger partial charge in [-0.1, -0.05) is 24.1 Å². The fourth-order valence-electron chi connectivity index (χ4n) is 3.07. The average Bonchev–Trinajstić information content (AvgIpc) is 2.66. The van der Waals surface area contributed by atoms with Crippen LogP contribution in [0.2, 0.25) is 5.02 Å². The molecular weight excluding hydrogens is 256 g/mol. The van der Waals surface area contributed by atoms with Crippen LogP contribution < -0.4 is 5.32 Å². The van der Waals surface area contributed by atoms with E-state index in [-0.39, 0.29) is 0 Å². The van der Waals surface area contributed by atoms with Crippen LogP contribution >= 0.6 is 11.6 Å². The van der Waals surface area contributed by atoms with Crippen molar-refractivity contribution in [2.75, 3.05) is 12.4 Å². The van der Waals surface area contributed by atoms with E-state index >= 15 is 0 Å². The molecule has 2 nitrogen and oxygen atoms in total. The molecule has 0 atom stereocenters. The van der Waals surface area contributed by atoms with E-state index in [4.69, 9.17) is 16.6 Å². The molecule has 2 aromatic rings. The van der Waals surface area contributed by atoms with Gasteiger partial charge in [0, 0.05) is 23.8 Å². The molecule has 3 heteroatoms. The van der Waals surface area contributed by atoms with Gasteiger partial charge in [-0.2, -0.15) is 0 Å². The Balaban J connectivity index is 2.39. The van der Waals surface area contributed by atoms with Crippen molar-refractivity contribution >= 4 is 28.2 Å². The van der Waals surface area contributed by atoms with Crippen LogP contribution in [0.4, 0.5) is 5.69 Å². The summed E-state index contributed by atoms with van der Waals surface area (Å²) in [5, 5.41) is 5.25. The van der Waals surface area contributed by atoms with E-state index < -0.39 is 0 Å². The van der Waals surface area contributed by atoms with E-state index in [0.717, 1.165) is 28.8 Å². The standard InChI is InChI=1S/C16H19ClN2/c1-10-8-9-12(17)14-15(10)19-13-7-5-3-4-6-11(13)16(14)18-2/h8-9H,3-7H2,1-2H3,(H,18,19). The van der Waals surface area contributed by atoms with Crippen molar-refractivity contribution in [2.24, 2.45) is 0 Å². The second-order valence-electron chi connectivity index (χ2n) is 5.31. The van der Waals surface area contributed by atoms with Gasteiger partial charge in [0.1, 0.15) is 0 Å². The summed E-state index contributed by atoms with van der Waals surface area (Å²) < 4.78 is 0. The number of benzene rings is 1. The molecule has 100 valence electrons. The van der Waals surface area contributed by atoms with Crippen LogP contribution in [0.25, 0.3) is 10.9 Å². The number of halogens is 1. The van der Waals surface area contributed by atoms with E-state index in [1.54, 1.807) is 0 Å². The number of anilines is 1. The Bertz CT molecular complexity index is 634. The lowest BCUT2D eigenvalue weighted by Crippen LogP contribution is -2.04. The molecule has 1 aromatic heterocycles. The van der Waals surface area contributed by atoms with E-state index in [0.29, 0.717) is 0 Å². The first-order chi connectivity index (χ1) is 9.22. The SMILES string of the molecule is CNc1c2c(nc3c(C)ccc(Cl)c13)CCCCC2. The summed E-state index contributed by atoms with van der Waals surface area (Å²) in [5.74, 6) is 0. The lowest BCUT2D eigenvalue weighted by molar-refractivity contribution is 0.709. The smallest absolute Gasteiger partial charge is 0.0770 e. The molecule has 1 N–H and O–H groups in total. The van der Waals surface area contributed by atoms with E-state index in [2.05, 4.69) is 18.3 Å². The second-order valence-corrected chi connectivity index (χ2v) is 5.72. The van der Waals surface area contributed by atoms with Gasteiger partial charge in [-0.3, -0.25) is 4.98 Å². The first-order valence-corrected chi connectivity index (χ1v) is 7.38. The molecule has 0 spiro atoms. The average molecular weight is 275 g/mol. The van der Waals surface area contributed by atoms with Gasteiger partial charge < -0.3 is 5.32 Å². The van der Waals surface area contributed by atoms with Crippen LogP contribution in [0, 0.1) is 6.92 Å². The minimum Gasteiger partial charge on any atom is -0.387 e. The normalized spacial score (nSPS) is 15.1. The summed E-state index contributed by atoms with van der Waals surface area (Å²) in [5.41, 5.74) is 6.08.